The summed E-state index contributed by atoms with van der Waals surface area (Å²) >= 11 is 1.75. The van der Waals surface area contributed by atoms with Crippen molar-refractivity contribution in [2.24, 2.45) is 5.73 Å². The molecule has 120 valence electrons. The van der Waals surface area contributed by atoms with Gasteiger partial charge in [-0.25, -0.2) is 0 Å². The first-order valence-corrected chi connectivity index (χ1v) is 8.72. The zero-order valence-corrected chi connectivity index (χ0v) is 13.9. The second-order valence-corrected chi connectivity index (χ2v) is 6.44. The first kappa shape index (κ1) is 15.9. The molecule has 4 nitrogen and oxygen atoms in total. The van der Waals surface area contributed by atoms with Gasteiger partial charge in [-0.3, -0.25) is 4.79 Å². The molecule has 2 N–H and O–H groups in total. The van der Waals surface area contributed by atoms with Gasteiger partial charge in [0.2, 0.25) is 0 Å². The predicted molar refractivity (Wildman–Crippen MR) is 94.8 cm³/mol. The van der Waals surface area contributed by atoms with Crippen LogP contribution in [0, 0.1) is 0 Å². The maximum atomic E-state index is 13.0. The number of thioether (sulfide) groups is 1. The van der Waals surface area contributed by atoms with E-state index in [0.29, 0.717) is 18.0 Å². The maximum Gasteiger partial charge on any atom is 0.255 e. The van der Waals surface area contributed by atoms with Crippen LogP contribution in [0.5, 0.6) is 5.75 Å². The van der Waals surface area contributed by atoms with Crippen molar-refractivity contribution < 1.29 is 9.53 Å². The van der Waals surface area contributed by atoms with E-state index in [4.69, 9.17) is 10.5 Å². The largest absolute Gasteiger partial charge is 0.497 e. The monoisotopic (exact) mass is 328 g/mol. The van der Waals surface area contributed by atoms with E-state index in [-0.39, 0.29) is 11.9 Å². The second-order valence-electron chi connectivity index (χ2n) is 5.44. The molecule has 0 radical (unpaired) electrons. The molecule has 1 aliphatic rings. The van der Waals surface area contributed by atoms with Crippen LogP contribution in [0.4, 0.5) is 0 Å². The molecule has 3 rings (SSSR count). The average molecular weight is 328 g/mol. The molecule has 0 unspecified atom stereocenters. The van der Waals surface area contributed by atoms with Crippen LogP contribution in [0.3, 0.4) is 0 Å². The van der Waals surface area contributed by atoms with Crippen LogP contribution >= 0.6 is 11.8 Å². The predicted octanol–water partition coefficient (Wildman–Crippen LogP) is 2.84. The van der Waals surface area contributed by atoms with Crippen LogP contribution in [-0.2, 0) is 0 Å². The van der Waals surface area contributed by atoms with Gasteiger partial charge in [0, 0.05) is 17.9 Å². The smallest absolute Gasteiger partial charge is 0.255 e. The molecule has 2 aromatic rings. The molecule has 0 saturated carbocycles. The molecule has 0 aromatic heterocycles. The summed E-state index contributed by atoms with van der Waals surface area (Å²) in [5, 5.41) is 0. The molecule has 1 heterocycles. The zero-order chi connectivity index (χ0) is 16.2. The van der Waals surface area contributed by atoms with Crippen molar-refractivity contribution in [2.45, 2.75) is 6.04 Å². The van der Waals surface area contributed by atoms with Crippen LogP contribution in [0.2, 0.25) is 0 Å². The van der Waals surface area contributed by atoms with E-state index in [9.17, 15) is 4.79 Å². The van der Waals surface area contributed by atoms with E-state index >= 15 is 0 Å². The summed E-state index contributed by atoms with van der Waals surface area (Å²) in [7, 11) is 1.64. The number of carbonyl (C=O) groups is 1. The Morgan fingerprint density at radius 3 is 2.91 bits per heavy atom. The maximum absolute atomic E-state index is 13.0. The van der Waals surface area contributed by atoms with E-state index < -0.39 is 0 Å². The van der Waals surface area contributed by atoms with Crippen LogP contribution in [-0.4, -0.2) is 42.1 Å². The zero-order valence-electron chi connectivity index (χ0n) is 13.1. The minimum Gasteiger partial charge on any atom is -0.497 e. The SMILES string of the molecule is COc1cccc(-c2ccccc2C(=O)N2CSC[C@H]2CN)c1. The molecule has 1 amide bonds. The van der Waals surface area contributed by atoms with E-state index in [1.165, 1.54) is 0 Å². The van der Waals surface area contributed by atoms with Gasteiger partial charge in [0.05, 0.1) is 19.0 Å². The highest BCUT2D eigenvalue weighted by molar-refractivity contribution is 7.99. The lowest BCUT2D eigenvalue weighted by molar-refractivity contribution is 0.0753. The van der Waals surface area contributed by atoms with Gasteiger partial charge in [0.25, 0.3) is 5.91 Å². The first-order chi connectivity index (χ1) is 11.2. The van der Waals surface area contributed by atoms with Crippen molar-refractivity contribution >= 4 is 17.7 Å². The highest BCUT2D eigenvalue weighted by atomic mass is 32.2. The molecular weight excluding hydrogens is 308 g/mol. The topological polar surface area (TPSA) is 55.6 Å². The van der Waals surface area contributed by atoms with Gasteiger partial charge in [0.15, 0.2) is 0 Å². The van der Waals surface area contributed by atoms with E-state index in [1.807, 2.05) is 53.4 Å². The first-order valence-electron chi connectivity index (χ1n) is 7.57. The number of nitrogens with two attached hydrogens (primary N) is 1. The Balaban J connectivity index is 1.99. The van der Waals surface area contributed by atoms with Gasteiger partial charge < -0.3 is 15.4 Å². The third-order valence-corrected chi connectivity index (χ3v) is 5.13. The number of hydrogen-bond donors (Lipinski definition) is 1. The van der Waals surface area contributed by atoms with Gasteiger partial charge in [-0.15, -0.1) is 11.8 Å². The highest BCUT2D eigenvalue weighted by Gasteiger charge is 2.30. The fourth-order valence-corrected chi connectivity index (χ4v) is 3.99. The number of carbonyl (C=O) groups excluding carboxylic acids is 1. The highest BCUT2D eigenvalue weighted by Crippen LogP contribution is 2.30. The van der Waals surface area contributed by atoms with Gasteiger partial charge in [-0.05, 0) is 29.3 Å². The Hall–Kier alpha value is -1.98. The second kappa shape index (κ2) is 7.06. The molecule has 0 aliphatic carbocycles. The van der Waals surface area contributed by atoms with E-state index in [1.54, 1.807) is 18.9 Å². The number of rotatable bonds is 4. The number of amides is 1. The number of methoxy groups -OCH3 is 1. The van der Waals surface area contributed by atoms with Gasteiger partial charge in [-0.2, -0.15) is 0 Å². The summed E-state index contributed by atoms with van der Waals surface area (Å²) in [5.74, 6) is 2.43. The van der Waals surface area contributed by atoms with Crippen LogP contribution in [0.1, 0.15) is 10.4 Å². The number of benzene rings is 2. The standard InChI is InChI=1S/C18H20N2O2S/c1-22-15-6-4-5-13(9-15)16-7-2-3-8-17(16)18(21)20-12-23-11-14(20)10-19/h2-9,14H,10-12,19H2,1H3/t14-/m1/s1. The average Bonchev–Trinajstić information content (AvgIpc) is 3.10. The summed E-state index contributed by atoms with van der Waals surface area (Å²) < 4.78 is 5.30. The normalized spacial score (nSPS) is 17.3. The van der Waals surface area contributed by atoms with Crippen molar-refractivity contribution in [1.29, 1.82) is 0 Å². The van der Waals surface area contributed by atoms with Gasteiger partial charge >= 0.3 is 0 Å². The Bertz CT molecular complexity index is 705. The molecule has 0 bridgehead atoms. The summed E-state index contributed by atoms with van der Waals surface area (Å²) in [6, 6.07) is 15.6. The van der Waals surface area contributed by atoms with Crippen molar-refractivity contribution in [1.82, 2.24) is 4.90 Å². The lowest BCUT2D eigenvalue weighted by Gasteiger charge is -2.23. The molecule has 1 aliphatic heterocycles. The molecular formula is C18H20N2O2S. The Labute approximate surface area is 140 Å². The van der Waals surface area contributed by atoms with Gasteiger partial charge in [0.1, 0.15) is 5.75 Å². The number of nitrogens with zero attached hydrogens (tertiary/aromatic N) is 1. The Morgan fingerprint density at radius 2 is 2.13 bits per heavy atom. The van der Waals surface area contributed by atoms with E-state index in [2.05, 4.69) is 0 Å². The van der Waals surface area contributed by atoms with E-state index in [0.717, 1.165) is 22.6 Å². The molecule has 0 spiro atoms. The summed E-state index contributed by atoms with van der Waals surface area (Å²) in [6.07, 6.45) is 0. The lowest BCUT2D eigenvalue weighted by atomic mass is 9.98. The fraction of sp³-hybridized carbons (Fsp3) is 0.278. The van der Waals surface area contributed by atoms with Crippen LogP contribution in [0.15, 0.2) is 48.5 Å². The summed E-state index contributed by atoms with van der Waals surface area (Å²) in [4.78, 5) is 14.9. The molecule has 1 fully saturated rings. The third kappa shape index (κ3) is 3.21. The number of ether oxygens (including phenoxy) is 1. The molecule has 1 saturated heterocycles. The van der Waals surface area contributed by atoms with Crippen LogP contribution < -0.4 is 10.5 Å². The third-order valence-electron chi connectivity index (χ3n) is 4.05. The summed E-state index contributed by atoms with van der Waals surface area (Å²) in [5.41, 5.74) is 8.41. The minimum absolute atomic E-state index is 0.0452. The summed E-state index contributed by atoms with van der Waals surface area (Å²) in [6.45, 7) is 0.500. The minimum atomic E-state index is 0.0452. The molecule has 1 atom stereocenters. The van der Waals surface area contributed by atoms with Gasteiger partial charge in [-0.1, -0.05) is 30.3 Å². The molecule has 5 heteroatoms. The Kier molecular flexibility index (Phi) is 4.88. The lowest BCUT2D eigenvalue weighted by Crippen LogP contribution is -2.41. The van der Waals surface area contributed by atoms with Crippen LogP contribution in [0.25, 0.3) is 11.1 Å². The van der Waals surface area contributed by atoms with Crippen molar-refractivity contribution in [3.05, 3.63) is 54.1 Å². The fourth-order valence-electron chi connectivity index (χ4n) is 2.77. The number of hydrogen-bond acceptors (Lipinski definition) is 4. The van der Waals surface area contributed by atoms with Crippen molar-refractivity contribution in [3.63, 3.8) is 0 Å². The quantitative estimate of drug-likeness (QED) is 0.938. The van der Waals surface area contributed by atoms with Crippen molar-refractivity contribution in [3.8, 4) is 16.9 Å². The molecule has 23 heavy (non-hydrogen) atoms. The Morgan fingerprint density at radius 1 is 1.30 bits per heavy atom. The molecule has 2 aromatic carbocycles. The van der Waals surface area contributed by atoms with Crippen molar-refractivity contribution in [2.75, 3.05) is 25.3 Å².